The summed E-state index contributed by atoms with van der Waals surface area (Å²) >= 11 is 0. The van der Waals surface area contributed by atoms with E-state index < -0.39 is 18.0 Å². The predicted molar refractivity (Wildman–Crippen MR) is 56.9 cm³/mol. The molecule has 2 aromatic rings. The van der Waals surface area contributed by atoms with Crippen molar-refractivity contribution in [3.05, 3.63) is 34.3 Å². The van der Waals surface area contributed by atoms with E-state index in [9.17, 15) is 15.0 Å². The molecule has 1 heterocycles. The second-order valence-corrected chi connectivity index (χ2v) is 3.52. The number of hydrogen-bond acceptors (Lipinski definition) is 5. The number of rotatable bonds is 3. The average molecular weight is 224 g/mol. The zero-order valence-corrected chi connectivity index (χ0v) is 8.38. The lowest BCUT2D eigenvalue weighted by Gasteiger charge is -2.15. The fourth-order valence-corrected chi connectivity index (χ4v) is 1.50. The molecule has 0 amide bonds. The van der Waals surface area contributed by atoms with Crippen LogP contribution >= 0.6 is 0 Å². The number of benzene rings is 1. The van der Waals surface area contributed by atoms with Crippen LogP contribution in [0.5, 0.6) is 0 Å². The molecule has 0 aliphatic rings. The highest BCUT2D eigenvalue weighted by Gasteiger charge is 2.17. The molecule has 86 valence electrons. The number of H-pyrrole nitrogens is 1. The first kappa shape index (κ1) is 10.9. The largest absolute Gasteiger partial charge is 0.417 e. The van der Waals surface area contributed by atoms with Crippen LogP contribution in [0.4, 0.5) is 0 Å². The van der Waals surface area contributed by atoms with Crippen molar-refractivity contribution in [1.82, 2.24) is 4.98 Å². The van der Waals surface area contributed by atoms with Gasteiger partial charge in [0.2, 0.25) is 0 Å². The highest BCUT2D eigenvalue weighted by atomic mass is 16.4. The third-order valence-electron chi connectivity index (χ3n) is 2.39. The predicted octanol–water partition coefficient (Wildman–Crippen LogP) is -0.526. The minimum atomic E-state index is -1.08. The Morgan fingerprint density at radius 3 is 2.88 bits per heavy atom. The summed E-state index contributed by atoms with van der Waals surface area (Å²) in [4.78, 5) is 13.4. The summed E-state index contributed by atoms with van der Waals surface area (Å²) < 4.78 is 4.81. The number of aromatic amines is 1. The average Bonchev–Trinajstić information content (AvgIpc) is 2.65. The summed E-state index contributed by atoms with van der Waals surface area (Å²) in [6.45, 7) is -0.0406. The summed E-state index contributed by atoms with van der Waals surface area (Å²) in [7, 11) is 0. The lowest BCUT2D eigenvalue weighted by Crippen LogP contribution is -2.27. The smallest absolute Gasteiger partial charge is 0.408 e. The van der Waals surface area contributed by atoms with Crippen molar-refractivity contribution >= 4 is 11.1 Å². The van der Waals surface area contributed by atoms with E-state index in [1.165, 1.54) is 0 Å². The molecule has 2 atom stereocenters. The normalized spacial score (nSPS) is 15.2. The van der Waals surface area contributed by atoms with Crippen molar-refractivity contribution in [2.45, 2.75) is 12.2 Å². The highest BCUT2D eigenvalue weighted by Crippen LogP contribution is 2.20. The van der Waals surface area contributed by atoms with Gasteiger partial charge in [0.1, 0.15) is 6.10 Å². The van der Waals surface area contributed by atoms with E-state index in [0.29, 0.717) is 16.7 Å². The molecule has 2 rings (SSSR count). The number of aliphatic hydroxyl groups excluding tert-OH is 2. The summed E-state index contributed by atoms with van der Waals surface area (Å²) in [6.07, 6.45) is -2.11. The molecule has 0 radical (unpaired) electrons. The Morgan fingerprint density at radius 2 is 2.19 bits per heavy atom. The van der Waals surface area contributed by atoms with Gasteiger partial charge in [-0.2, -0.15) is 0 Å². The van der Waals surface area contributed by atoms with Crippen LogP contribution < -0.4 is 11.5 Å². The van der Waals surface area contributed by atoms with Crippen LogP contribution in [0.1, 0.15) is 11.7 Å². The van der Waals surface area contributed by atoms with Gasteiger partial charge >= 0.3 is 5.76 Å². The van der Waals surface area contributed by atoms with Crippen LogP contribution in [-0.4, -0.2) is 27.8 Å². The fourth-order valence-electron chi connectivity index (χ4n) is 1.50. The van der Waals surface area contributed by atoms with E-state index in [-0.39, 0.29) is 6.54 Å². The number of oxazole rings is 1. The van der Waals surface area contributed by atoms with Crippen molar-refractivity contribution in [2.75, 3.05) is 6.54 Å². The Hall–Kier alpha value is -1.63. The highest BCUT2D eigenvalue weighted by molar-refractivity contribution is 5.72. The second-order valence-electron chi connectivity index (χ2n) is 3.52. The third kappa shape index (κ3) is 1.85. The summed E-state index contributed by atoms with van der Waals surface area (Å²) in [5.74, 6) is -0.555. The maximum Gasteiger partial charge on any atom is 0.417 e. The molecule has 16 heavy (non-hydrogen) atoms. The van der Waals surface area contributed by atoms with E-state index in [0.717, 1.165) is 0 Å². The van der Waals surface area contributed by atoms with E-state index >= 15 is 0 Å². The van der Waals surface area contributed by atoms with Gasteiger partial charge in [-0.15, -0.1) is 0 Å². The molecule has 0 saturated heterocycles. The van der Waals surface area contributed by atoms with Gasteiger partial charge in [0, 0.05) is 6.54 Å². The number of aromatic nitrogens is 1. The van der Waals surface area contributed by atoms with Crippen molar-refractivity contribution in [2.24, 2.45) is 5.73 Å². The molecular weight excluding hydrogens is 212 g/mol. The minimum Gasteiger partial charge on any atom is -0.408 e. The molecule has 0 aliphatic heterocycles. The molecule has 0 spiro atoms. The Kier molecular flexibility index (Phi) is 2.78. The van der Waals surface area contributed by atoms with Crippen LogP contribution in [0.2, 0.25) is 0 Å². The molecule has 2 unspecified atom stereocenters. The maximum absolute atomic E-state index is 10.9. The number of nitrogens with two attached hydrogens (primary N) is 1. The van der Waals surface area contributed by atoms with Gasteiger partial charge in [-0.3, -0.25) is 4.98 Å². The number of hydrogen-bond donors (Lipinski definition) is 4. The Balaban J connectivity index is 2.42. The van der Waals surface area contributed by atoms with E-state index in [1.807, 2.05) is 0 Å². The van der Waals surface area contributed by atoms with Gasteiger partial charge in [-0.05, 0) is 17.7 Å². The Labute approximate surface area is 90.3 Å². The first-order valence-electron chi connectivity index (χ1n) is 4.81. The molecule has 0 saturated carbocycles. The summed E-state index contributed by atoms with van der Waals surface area (Å²) in [5, 5.41) is 19.1. The number of fused-ring (bicyclic) bond motifs is 1. The van der Waals surface area contributed by atoms with Gasteiger partial charge in [0.25, 0.3) is 0 Å². The summed E-state index contributed by atoms with van der Waals surface area (Å²) in [5.41, 5.74) is 6.60. The molecule has 6 nitrogen and oxygen atoms in total. The molecule has 0 aliphatic carbocycles. The molecule has 1 aromatic carbocycles. The molecule has 1 aromatic heterocycles. The van der Waals surface area contributed by atoms with Crippen molar-refractivity contribution in [3.63, 3.8) is 0 Å². The molecule has 0 bridgehead atoms. The van der Waals surface area contributed by atoms with Crippen molar-refractivity contribution < 1.29 is 14.6 Å². The third-order valence-corrected chi connectivity index (χ3v) is 2.39. The lowest BCUT2D eigenvalue weighted by atomic mass is 10.0. The van der Waals surface area contributed by atoms with Crippen molar-refractivity contribution in [1.29, 1.82) is 0 Å². The SMILES string of the molecule is NCC(O)C(O)c1ccc2oc(=O)[nH]c2c1. The fraction of sp³-hybridized carbons (Fsp3) is 0.300. The van der Waals surface area contributed by atoms with Gasteiger partial charge in [-0.1, -0.05) is 6.07 Å². The number of nitrogens with one attached hydrogen (secondary N) is 1. The molecule has 0 fully saturated rings. The topological polar surface area (TPSA) is 112 Å². The zero-order valence-electron chi connectivity index (χ0n) is 8.38. The Bertz CT molecular complexity index is 545. The molecule has 6 heteroatoms. The van der Waals surface area contributed by atoms with Gasteiger partial charge in [-0.25, -0.2) is 4.79 Å². The van der Waals surface area contributed by atoms with Crippen LogP contribution in [-0.2, 0) is 0 Å². The molecular formula is C10H12N2O4. The van der Waals surface area contributed by atoms with E-state index in [2.05, 4.69) is 4.98 Å². The van der Waals surface area contributed by atoms with Crippen LogP contribution in [0.15, 0.2) is 27.4 Å². The standard InChI is InChI=1S/C10H12N2O4/c11-4-7(13)9(14)5-1-2-8-6(3-5)12-10(15)16-8/h1-3,7,9,13-14H,4,11H2,(H,12,15). The quantitative estimate of drug-likeness (QED) is 0.560. The first-order valence-corrected chi connectivity index (χ1v) is 4.81. The van der Waals surface area contributed by atoms with E-state index in [4.69, 9.17) is 10.2 Å². The zero-order chi connectivity index (χ0) is 11.7. The van der Waals surface area contributed by atoms with Crippen LogP contribution in [0, 0.1) is 0 Å². The Morgan fingerprint density at radius 1 is 1.44 bits per heavy atom. The monoisotopic (exact) mass is 224 g/mol. The van der Waals surface area contributed by atoms with E-state index in [1.54, 1.807) is 18.2 Å². The second kappa shape index (κ2) is 4.09. The molecule has 5 N–H and O–H groups in total. The van der Waals surface area contributed by atoms with Crippen LogP contribution in [0.25, 0.3) is 11.1 Å². The summed E-state index contributed by atoms with van der Waals surface area (Å²) in [6, 6.07) is 4.67. The van der Waals surface area contributed by atoms with Crippen molar-refractivity contribution in [3.8, 4) is 0 Å². The number of aliphatic hydroxyl groups is 2. The van der Waals surface area contributed by atoms with Gasteiger partial charge < -0.3 is 20.4 Å². The van der Waals surface area contributed by atoms with Crippen LogP contribution in [0.3, 0.4) is 0 Å². The minimum absolute atomic E-state index is 0.0406. The first-order chi connectivity index (χ1) is 7.61. The maximum atomic E-state index is 10.9. The lowest BCUT2D eigenvalue weighted by molar-refractivity contribution is 0.0244. The van der Waals surface area contributed by atoms with Gasteiger partial charge in [0.15, 0.2) is 5.58 Å². The van der Waals surface area contributed by atoms with Gasteiger partial charge in [0.05, 0.1) is 11.6 Å².